The second-order valence-corrected chi connectivity index (χ2v) is 2.69. The van der Waals surface area contributed by atoms with E-state index in [4.69, 9.17) is 17.1 Å². The topological polar surface area (TPSA) is 90.3 Å². The van der Waals surface area contributed by atoms with Gasteiger partial charge in [0.05, 0.1) is 16.7 Å². The molecule has 2 aromatic rings. The maximum absolute atomic E-state index is 8.24. The molecule has 2 aromatic heterocycles. The molecule has 0 aliphatic rings. The van der Waals surface area contributed by atoms with Gasteiger partial charge in [-0.25, -0.2) is 0 Å². The zero-order chi connectivity index (χ0) is 9.26. The highest BCUT2D eigenvalue weighted by Crippen LogP contribution is 2.26. The number of H-pyrrole nitrogens is 1. The number of azide groups is 1. The van der Waals surface area contributed by atoms with Crippen LogP contribution in [0.5, 0.6) is 0 Å². The quantitative estimate of drug-likeness (QED) is 0.429. The van der Waals surface area contributed by atoms with Crippen molar-refractivity contribution in [1.82, 2.24) is 15.2 Å². The van der Waals surface area contributed by atoms with Crippen LogP contribution in [-0.4, -0.2) is 15.2 Å². The van der Waals surface area contributed by atoms with Crippen LogP contribution in [0.4, 0.5) is 5.82 Å². The fraction of sp³-hybridized carbons (Fsp3) is 0. The molecule has 2 rings (SSSR count). The van der Waals surface area contributed by atoms with E-state index in [2.05, 4.69) is 25.2 Å². The summed E-state index contributed by atoms with van der Waals surface area (Å²) in [7, 11) is 0. The SMILES string of the molecule is [N-]=[N+]=Nc1ncc(Cl)c2cn[nH]c12. The van der Waals surface area contributed by atoms with Crippen LogP contribution in [0, 0.1) is 0 Å². The molecule has 0 aromatic carbocycles. The maximum atomic E-state index is 8.24. The summed E-state index contributed by atoms with van der Waals surface area (Å²) in [5.74, 6) is 0.249. The number of nitrogens with zero attached hydrogens (tertiary/aromatic N) is 5. The van der Waals surface area contributed by atoms with Gasteiger partial charge in [-0.3, -0.25) is 10.1 Å². The normalized spacial score (nSPS) is 9.92. The van der Waals surface area contributed by atoms with Gasteiger partial charge >= 0.3 is 0 Å². The number of pyridine rings is 1. The third-order valence-corrected chi connectivity index (χ3v) is 1.86. The van der Waals surface area contributed by atoms with Crippen LogP contribution in [0.2, 0.25) is 5.02 Å². The zero-order valence-electron chi connectivity index (χ0n) is 6.27. The van der Waals surface area contributed by atoms with E-state index >= 15 is 0 Å². The number of nitrogens with one attached hydrogen (secondary N) is 1. The van der Waals surface area contributed by atoms with Crippen LogP contribution >= 0.6 is 11.6 Å². The van der Waals surface area contributed by atoms with Gasteiger partial charge in [0, 0.05) is 16.5 Å². The van der Waals surface area contributed by atoms with Gasteiger partial charge in [-0.2, -0.15) is 5.10 Å². The maximum Gasteiger partial charge on any atom is 0.152 e. The van der Waals surface area contributed by atoms with Gasteiger partial charge in [0.25, 0.3) is 0 Å². The third-order valence-electron chi connectivity index (χ3n) is 1.56. The standard InChI is InChI=1S/C6H3ClN6/c7-4-2-9-6(12-13-8)5-3(4)1-10-11-5/h1-2H,(H,10,11). The van der Waals surface area contributed by atoms with Crippen LogP contribution in [0.25, 0.3) is 21.3 Å². The molecule has 0 atom stereocenters. The second-order valence-electron chi connectivity index (χ2n) is 2.28. The lowest BCUT2D eigenvalue weighted by molar-refractivity contribution is 1.11. The van der Waals surface area contributed by atoms with E-state index in [-0.39, 0.29) is 5.82 Å². The van der Waals surface area contributed by atoms with E-state index in [1.165, 1.54) is 6.20 Å². The van der Waals surface area contributed by atoms with Crippen molar-refractivity contribution in [3.05, 3.63) is 27.9 Å². The summed E-state index contributed by atoms with van der Waals surface area (Å²) in [6.45, 7) is 0. The highest BCUT2D eigenvalue weighted by Gasteiger charge is 2.05. The van der Waals surface area contributed by atoms with E-state index in [1.54, 1.807) is 6.20 Å². The lowest BCUT2D eigenvalue weighted by atomic mass is 10.3. The average molecular weight is 195 g/mol. The highest BCUT2D eigenvalue weighted by atomic mass is 35.5. The summed E-state index contributed by atoms with van der Waals surface area (Å²) in [6, 6.07) is 0. The first-order valence-corrected chi connectivity index (χ1v) is 3.73. The predicted molar refractivity (Wildman–Crippen MR) is 47.7 cm³/mol. The minimum absolute atomic E-state index is 0.249. The van der Waals surface area contributed by atoms with Crippen molar-refractivity contribution in [1.29, 1.82) is 0 Å². The first kappa shape index (κ1) is 7.85. The monoisotopic (exact) mass is 194 g/mol. The molecule has 64 valence electrons. The molecule has 0 aliphatic heterocycles. The summed E-state index contributed by atoms with van der Waals surface area (Å²) >= 11 is 5.81. The summed E-state index contributed by atoms with van der Waals surface area (Å²) in [5.41, 5.74) is 8.78. The molecule has 2 heterocycles. The number of halogens is 1. The van der Waals surface area contributed by atoms with Crippen LogP contribution in [0.15, 0.2) is 17.5 Å². The Labute approximate surface area is 77.2 Å². The van der Waals surface area contributed by atoms with E-state index in [1.807, 2.05) is 0 Å². The van der Waals surface area contributed by atoms with Gasteiger partial charge in [0.1, 0.15) is 0 Å². The Balaban J connectivity index is 2.85. The molecular formula is C6H3ClN6. The van der Waals surface area contributed by atoms with Crippen LogP contribution in [0.1, 0.15) is 0 Å². The molecule has 0 aliphatic carbocycles. The number of aromatic amines is 1. The van der Waals surface area contributed by atoms with Gasteiger partial charge in [0.15, 0.2) is 5.82 Å². The molecule has 0 saturated carbocycles. The molecule has 7 heteroatoms. The molecule has 0 bridgehead atoms. The molecule has 0 unspecified atom stereocenters. The Bertz CT molecular complexity index is 497. The lowest BCUT2D eigenvalue weighted by Crippen LogP contribution is -1.76. The van der Waals surface area contributed by atoms with E-state index in [0.29, 0.717) is 15.9 Å². The fourth-order valence-electron chi connectivity index (χ4n) is 1.01. The minimum Gasteiger partial charge on any atom is -0.276 e. The third kappa shape index (κ3) is 1.18. The summed E-state index contributed by atoms with van der Waals surface area (Å²) in [5, 5.41) is 11.0. The van der Waals surface area contributed by atoms with Gasteiger partial charge in [-0.05, 0) is 10.6 Å². The largest absolute Gasteiger partial charge is 0.276 e. The van der Waals surface area contributed by atoms with Gasteiger partial charge in [0.2, 0.25) is 0 Å². The van der Waals surface area contributed by atoms with Crippen molar-refractivity contribution in [2.24, 2.45) is 5.11 Å². The Kier molecular flexibility index (Phi) is 1.77. The fourth-order valence-corrected chi connectivity index (χ4v) is 1.20. The van der Waals surface area contributed by atoms with Crippen molar-refractivity contribution in [3.8, 4) is 0 Å². The van der Waals surface area contributed by atoms with Crippen molar-refractivity contribution in [2.75, 3.05) is 0 Å². The molecule has 0 spiro atoms. The van der Waals surface area contributed by atoms with Crippen LogP contribution in [-0.2, 0) is 0 Å². The van der Waals surface area contributed by atoms with Gasteiger partial charge in [-0.1, -0.05) is 11.6 Å². The highest BCUT2D eigenvalue weighted by molar-refractivity contribution is 6.35. The Morgan fingerprint density at radius 3 is 3.15 bits per heavy atom. The number of hydrogen-bond acceptors (Lipinski definition) is 3. The Morgan fingerprint density at radius 2 is 2.38 bits per heavy atom. The first-order chi connectivity index (χ1) is 6.33. The second kappa shape index (κ2) is 2.93. The predicted octanol–water partition coefficient (Wildman–Crippen LogP) is 2.55. The van der Waals surface area contributed by atoms with Crippen molar-refractivity contribution < 1.29 is 0 Å². The van der Waals surface area contributed by atoms with Gasteiger partial charge < -0.3 is 0 Å². The Hall–Kier alpha value is -1.78. The molecule has 0 saturated heterocycles. The van der Waals surface area contributed by atoms with Crippen LogP contribution < -0.4 is 0 Å². The molecule has 0 fully saturated rings. The van der Waals surface area contributed by atoms with E-state index in [9.17, 15) is 0 Å². The number of hydrogen-bond donors (Lipinski definition) is 1. The molecule has 0 amide bonds. The zero-order valence-corrected chi connectivity index (χ0v) is 7.02. The summed E-state index contributed by atoms with van der Waals surface area (Å²) < 4.78 is 0. The molecule has 13 heavy (non-hydrogen) atoms. The van der Waals surface area contributed by atoms with Crippen molar-refractivity contribution in [3.63, 3.8) is 0 Å². The molecule has 0 radical (unpaired) electrons. The van der Waals surface area contributed by atoms with E-state index < -0.39 is 0 Å². The minimum atomic E-state index is 0.249. The van der Waals surface area contributed by atoms with Crippen molar-refractivity contribution in [2.45, 2.75) is 0 Å². The number of rotatable bonds is 1. The van der Waals surface area contributed by atoms with Crippen molar-refractivity contribution >= 4 is 28.3 Å². The summed E-state index contributed by atoms with van der Waals surface area (Å²) in [6.07, 6.45) is 2.97. The summed E-state index contributed by atoms with van der Waals surface area (Å²) in [4.78, 5) is 6.48. The molecule has 6 nitrogen and oxygen atoms in total. The average Bonchev–Trinajstić information content (AvgIpc) is 2.59. The number of aromatic nitrogens is 3. The molecular weight excluding hydrogens is 192 g/mol. The molecule has 1 N–H and O–H groups in total. The smallest absolute Gasteiger partial charge is 0.152 e. The number of fused-ring (bicyclic) bond motifs is 1. The Morgan fingerprint density at radius 1 is 1.54 bits per heavy atom. The van der Waals surface area contributed by atoms with Crippen LogP contribution in [0.3, 0.4) is 0 Å². The lowest BCUT2D eigenvalue weighted by Gasteiger charge is -1.94. The first-order valence-electron chi connectivity index (χ1n) is 3.35. The van der Waals surface area contributed by atoms with Gasteiger partial charge in [-0.15, -0.1) is 0 Å². The van der Waals surface area contributed by atoms with E-state index in [0.717, 1.165) is 0 Å².